The first kappa shape index (κ1) is 9.74. The Kier molecular flexibility index (Phi) is 3.75. The second-order valence-corrected chi connectivity index (χ2v) is 3.30. The van der Waals surface area contributed by atoms with E-state index in [-0.39, 0.29) is 0 Å². The van der Waals surface area contributed by atoms with Crippen LogP contribution in [0, 0.1) is 0 Å². The lowest BCUT2D eigenvalue weighted by atomic mass is 10.2. The molecule has 5 heteroatoms. The predicted octanol–water partition coefficient (Wildman–Crippen LogP) is 2.48. The van der Waals surface area contributed by atoms with Crippen LogP contribution < -0.4 is 5.43 Å². The molecule has 0 unspecified atom stereocenters. The lowest BCUT2D eigenvalue weighted by Crippen LogP contribution is -2.28. The van der Waals surface area contributed by atoms with Crippen molar-refractivity contribution in [2.24, 2.45) is 0 Å². The van der Waals surface area contributed by atoms with Gasteiger partial charge in [-0.15, -0.1) is 0 Å². The molecule has 0 spiro atoms. The van der Waals surface area contributed by atoms with E-state index in [1.807, 2.05) is 30.3 Å². The van der Waals surface area contributed by atoms with Crippen molar-refractivity contribution in [3.63, 3.8) is 0 Å². The van der Waals surface area contributed by atoms with E-state index in [2.05, 4.69) is 5.43 Å². The summed E-state index contributed by atoms with van der Waals surface area (Å²) >= 11 is 15.6. The number of nitrogens with one attached hydrogen (secondary N) is 1. The van der Waals surface area contributed by atoms with Gasteiger partial charge in [-0.2, -0.15) is 0 Å². The van der Waals surface area contributed by atoms with Crippen LogP contribution in [0.3, 0.4) is 0 Å². The summed E-state index contributed by atoms with van der Waals surface area (Å²) in [5.74, 6) is 0. The molecule has 1 aromatic rings. The van der Waals surface area contributed by atoms with Crippen LogP contribution in [-0.2, 0) is 0 Å². The Balaban J connectivity index is 2.66. The third-order valence-corrected chi connectivity index (χ3v) is 1.72. The number of rotatable bonds is 2. The zero-order chi connectivity index (χ0) is 8.97. The van der Waals surface area contributed by atoms with Gasteiger partial charge in [0, 0.05) is 29.1 Å². The van der Waals surface area contributed by atoms with Crippen molar-refractivity contribution in [3.8, 4) is 0 Å². The molecule has 0 saturated carbocycles. The highest BCUT2D eigenvalue weighted by Gasteiger charge is 2.01. The number of thiocarbonyl (C=S) groups is 1. The number of hydrogen-bond acceptors (Lipinski definition) is 2. The lowest BCUT2D eigenvalue weighted by molar-refractivity contribution is 0.658. The van der Waals surface area contributed by atoms with E-state index in [1.165, 1.54) is 0 Å². The Morgan fingerprint density at radius 1 is 1.25 bits per heavy atom. The fourth-order valence-corrected chi connectivity index (χ4v) is 1.23. The topological polar surface area (TPSA) is 15.3 Å². The van der Waals surface area contributed by atoms with E-state index in [0.29, 0.717) is 4.99 Å². The molecule has 0 aliphatic heterocycles. The van der Waals surface area contributed by atoms with Crippen LogP contribution in [0.15, 0.2) is 30.3 Å². The largest absolute Gasteiger partial charge is 0.280 e. The van der Waals surface area contributed by atoms with Crippen LogP contribution in [0.4, 0.5) is 0 Å². The molecule has 0 fully saturated rings. The summed E-state index contributed by atoms with van der Waals surface area (Å²) in [5, 5.41) is 0. The highest BCUT2D eigenvalue weighted by Crippen LogP contribution is 2.01. The van der Waals surface area contributed by atoms with Gasteiger partial charge in [0.05, 0.1) is 0 Å². The molecule has 2 nitrogen and oxygen atoms in total. The van der Waals surface area contributed by atoms with E-state index < -0.39 is 0 Å². The number of benzene rings is 1. The molecule has 1 N–H and O–H groups in total. The second-order valence-electron chi connectivity index (χ2n) is 2.04. The molecular weight excluding hydrogens is 215 g/mol. The Hall–Kier alpha value is -0.350. The van der Waals surface area contributed by atoms with E-state index in [4.69, 9.17) is 35.8 Å². The van der Waals surface area contributed by atoms with Gasteiger partial charge < -0.3 is 0 Å². The molecule has 0 atom stereocenters. The van der Waals surface area contributed by atoms with E-state index >= 15 is 0 Å². The minimum absolute atomic E-state index is 0.487. The maximum Gasteiger partial charge on any atom is 0.123 e. The van der Waals surface area contributed by atoms with E-state index in [1.54, 1.807) is 0 Å². The van der Waals surface area contributed by atoms with Gasteiger partial charge in [0.1, 0.15) is 4.99 Å². The molecule has 0 bridgehead atoms. The standard InChI is InChI=1S/C7H6Cl2N2S/c8-11(9)10-7(12)6-4-2-1-3-5-6/h1-5H,(H,10,12). The van der Waals surface area contributed by atoms with Gasteiger partial charge in [0.15, 0.2) is 0 Å². The molecule has 12 heavy (non-hydrogen) atoms. The van der Waals surface area contributed by atoms with Gasteiger partial charge in [-0.25, -0.2) is 0 Å². The summed E-state index contributed by atoms with van der Waals surface area (Å²) in [4.78, 5) is 0.487. The average molecular weight is 221 g/mol. The summed E-state index contributed by atoms with van der Waals surface area (Å²) in [6, 6.07) is 9.41. The summed E-state index contributed by atoms with van der Waals surface area (Å²) in [6.07, 6.45) is 0. The Labute approximate surface area is 86.3 Å². The quantitative estimate of drug-likeness (QED) is 0.469. The highest BCUT2D eigenvalue weighted by atomic mass is 35.5. The first-order chi connectivity index (χ1) is 5.70. The Morgan fingerprint density at radius 3 is 2.33 bits per heavy atom. The number of halogens is 2. The van der Waals surface area contributed by atoms with Crippen molar-refractivity contribution >= 4 is 40.8 Å². The maximum absolute atomic E-state index is 5.32. The smallest absolute Gasteiger partial charge is 0.123 e. The van der Waals surface area contributed by atoms with Crippen LogP contribution in [0.2, 0.25) is 0 Å². The van der Waals surface area contributed by atoms with Crippen LogP contribution >= 0.6 is 35.8 Å². The molecule has 1 aromatic carbocycles. The molecule has 0 amide bonds. The minimum Gasteiger partial charge on any atom is -0.280 e. The van der Waals surface area contributed by atoms with Crippen molar-refractivity contribution < 1.29 is 0 Å². The van der Waals surface area contributed by atoms with Gasteiger partial charge in [-0.1, -0.05) is 42.5 Å². The van der Waals surface area contributed by atoms with Crippen molar-refractivity contribution in [1.29, 1.82) is 0 Å². The van der Waals surface area contributed by atoms with Crippen molar-refractivity contribution in [2.45, 2.75) is 0 Å². The Morgan fingerprint density at radius 2 is 1.83 bits per heavy atom. The van der Waals surface area contributed by atoms with E-state index in [0.717, 1.165) is 9.61 Å². The molecule has 0 aromatic heterocycles. The van der Waals surface area contributed by atoms with Gasteiger partial charge in [0.2, 0.25) is 0 Å². The number of nitrogens with zero attached hydrogens (tertiary/aromatic N) is 1. The predicted molar refractivity (Wildman–Crippen MR) is 54.8 cm³/mol. The zero-order valence-electron chi connectivity index (χ0n) is 6.00. The molecule has 0 radical (unpaired) electrons. The van der Waals surface area contributed by atoms with Crippen molar-refractivity contribution in [2.75, 3.05) is 0 Å². The SMILES string of the molecule is S=C(NN(Cl)Cl)c1ccccc1. The molecule has 0 saturated heterocycles. The molecule has 0 aliphatic rings. The van der Waals surface area contributed by atoms with Gasteiger partial charge in [0.25, 0.3) is 0 Å². The number of hydrogen-bond donors (Lipinski definition) is 1. The lowest BCUT2D eigenvalue weighted by Gasteiger charge is -2.08. The summed E-state index contributed by atoms with van der Waals surface area (Å²) in [5.41, 5.74) is 3.43. The maximum atomic E-state index is 5.32. The first-order valence-corrected chi connectivity index (χ1v) is 4.26. The highest BCUT2D eigenvalue weighted by molar-refractivity contribution is 7.80. The molecule has 1 rings (SSSR count). The second kappa shape index (κ2) is 4.62. The molecule has 0 heterocycles. The molecule has 0 aliphatic carbocycles. The van der Waals surface area contributed by atoms with Crippen LogP contribution in [-0.4, -0.2) is 9.04 Å². The Bertz CT molecular complexity index is 263. The summed E-state index contributed by atoms with van der Waals surface area (Å²) in [7, 11) is 0. The summed E-state index contributed by atoms with van der Waals surface area (Å²) in [6.45, 7) is 0. The minimum atomic E-state index is 0.487. The van der Waals surface area contributed by atoms with Crippen molar-refractivity contribution in [1.82, 2.24) is 9.47 Å². The van der Waals surface area contributed by atoms with Crippen molar-refractivity contribution in [3.05, 3.63) is 35.9 Å². The van der Waals surface area contributed by atoms with Crippen LogP contribution in [0.25, 0.3) is 0 Å². The monoisotopic (exact) mass is 220 g/mol. The van der Waals surface area contributed by atoms with Gasteiger partial charge in [-0.3, -0.25) is 5.43 Å². The fourth-order valence-electron chi connectivity index (χ4n) is 0.731. The third kappa shape index (κ3) is 2.95. The molecular formula is C7H6Cl2N2S. The van der Waals surface area contributed by atoms with E-state index in [9.17, 15) is 0 Å². The number of hydrazine groups is 1. The first-order valence-electron chi connectivity index (χ1n) is 3.18. The molecule has 64 valence electrons. The van der Waals surface area contributed by atoms with Gasteiger partial charge in [-0.05, 0) is 4.05 Å². The zero-order valence-corrected chi connectivity index (χ0v) is 8.33. The summed E-state index contributed by atoms with van der Waals surface area (Å²) < 4.78 is 0.773. The van der Waals surface area contributed by atoms with Crippen LogP contribution in [0.1, 0.15) is 5.56 Å². The van der Waals surface area contributed by atoms with Gasteiger partial charge >= 0.3 is 0 Å². The third-order valence-electron chi connectivity index (χ3n) is 1.22. The normalized spacial score (nSPS) is 9.92. The average Bonchev–Trinajstić information content (AvgIpc) is 2.05. The fraction of sp³-hybridized carbons (Fsp3) is 0. The van der Waals surface area contributed by atoms with Crippen LogP contribution in [0.5, 0.6) is 0 Å².